The first-order valence-electron chi connectivity index (χ1n) is 7.86. The summed E-state index contributed by atoms with van der Waals surface area (Å²) in [6.07, 6.45) is 0. The quantitative estimate of drug-likeness (QED) is 0.309. The van der Waals surface area contributed by atoms with Crippen LogP contribution >= 0.6 is 63.7 Å². The first-order valence-corrected chi connectivity index (χ1v) is 11.0. The molecule has 0 fully saturated rings. The third-order valence-corrected chi connectivity index (χ3v) is 5.81. The van der Waals surface area contributed by atoms with Gasteiger partial charge in [0, 0.05) is 31.2 Å². The zero-order valence-electron chi connectivity index (χ0n) is 13.6. The fourth-order valence-electron chi connectivity index (χ4n) is 2.41. The maximum absolute atomic E-state index is 6.13. The van der Waals surface area contributed by atoms with Crippen molar-refractivity contribution in [2.45, 2.75) is 13.2 Å². The summed E-state index contributed by atoms with van der Waals surface area (Å²) in [5.41, 5.74) is 3.25. The molecule has 3 rings (SSSR count). The minimum atomic E-state index is 0.513. The van der Waals surface area contributed by atoms with Gasteiger partial charge in [0.1, 0.15) is 12.4 Å². The van der Waals surface area contributed by atoms with E-state index in [1.54, 1.807) is 0 Å². The van der Waals surface area contributed by atoms with Gasteiger partial charge in [0.05, 0.1) is 4.47 Å². The van der Waals surface area contributed by atoms with Crippen molar-refractivity contribution in [2.75, 3.05) is 5.32 Å². The lowest BCUT2D eigenvalue weighted by Gasteiger charge is -2.15. The average Bonchev–Trinajstić information content (AvgIpc) is 2.62. The predicted octanol–water partition coefficient (Wildman–Crippen LogP) is 7.93. The molecule has 3 aromatic carbocycles. The summed E-state index contributed by atoms with van der Waals surface area (Å²) < 4.78 is 10.2. The molecule has 0 aromatic heterocycles. The van der Waals surface area contributed by atoms with Crippen LogP contribution in [0.3, 0.4) is 0 Å². The van der Waals surface area contributed by atoms with Crippen molar-refractivity contribution in [2.24, 2.45) is 0 Å². The molecule has 0 atom stereocenters. The number of hydrogen-bond donors (Lipinski definition) is 1. The van der Waals surface area contributed by atoms with Crippen molar-refractivity contribution >= 4 is 69.4 Å². The molecule has 3 aromatic rings. The molecule has 0 radical (unpaired) electrons. The Bertz CT molecular complexity index is 880. The van der Waals surface area contributed by atoms with E-state index in [1.165, 1.54) is 0 Å². The Morgan fingerprint density at radius 2 is 1.35 bits per heavy atom. The van der Waals surface area contributed by atoms with Gasteiger partial charge in [-0.2, -0.15) is 0 Å². The van der Waals surface area contributed by atoms with Gasteiger partial charge >= 0.3 is 0 Å². The van der Waals surface area contributed by atoms with Crippen molar-refractivity contribution in [3.8, 4) is 5.75 Å². The molecule has 6 heteroatoms. The molecule has 134 valence electrons. The van der Waals surface area contributed by atoms with E-state index >= 15 is 0 Å². The summed E-state index contributed by atoms with van der Waals surface area (Å²) in [4.78, 5) is 0. The van der Waals surface area contributed by atoms with Gasteiger partial charge in [-0.1, -0.05) is 59.9 Å². The molecular weight excluding hydrogens is 590 g/mol. The lowest BCUT2D eigenvalue weighted by Crippen LogP contribution is -2.04. The second-order valence-corrected chi connectivity index (χ2v) is 9.25. The Morgan fingerprint density at radius 3 is 2.00 bits per heavy atom. The molecule has 0 spiro atoms. The van der Waals surface area contributed by atoms with E-state index in [9.17, 15) is 0 Å². The summed E-state index contributed by atoms with van der Waals surface area (Å²) in [5.74, 6) is 0.848. The molecule has 0 saturated heterocycles. The SMILES string of the molecule is Brc1ccc(COc2c(Br)cc(Br)cc2CNc2ccc(Br)cc2)cc1. The second kappa shape index (κ2) is 9.40. The summed E-state index contributed by atoms with van der Waals surface area (Å²) in [7, 11) is 0. The highest BCUT2D eigenvalue weighted by atomic mass is 79.9. The molecule has 1 N–H and O–H groups in total. The minimum Gasteiger partial charge on any atom is -0.487 e. The smallest absolute Gasteiger partial charge is 0.139 e. The highest BCUT2D eigenvalue weighted by Gasteiger charge is 2.11. The largest absolute Gasteiger partial charge is 0.487 e. The van der Waals surface area contributed by atoms with Crippen LogP contribution in [0.4, 0.5) is 5.69 Å². The predicted molar refractivity (Wildman–Crippen MR) is 122 cm³/mol. The fraction of sp³-hybridized carbons (Fsp3) is 0.100. The Kier molecular flexibility index (Phi) is 7.20. The Morgan fingerprint density at radius 1 is 0.731 bits per heavy atom. The van der Waals surface area contributed by atoms with E-state index in [-0.39, 0.29) is 0 Å². The van der Waals surface area contributed by atoms with E-state index in [4.69, 9.17) is 4.74 Å². The van der Waals surface area contributed by atoms with Gasteiger partial charge in [0.15, 0.2) is 0 Å². The van der Waals surface area contributed by atoms with Gasteiger partial charge in [-0.25, -0.2) is 0 Å². The third-order valence-electron chi connectivity index (χ3n) is 3.71. The molecular formula is C20H15Br4NO. The molecule has 0 aliphatic heterocycles. The molecule has 0 aliphatic carbocycles. The number of ether oxygens (including phenoxy) is 1. The zero-order valence-corrected chi connectivity index (χ0v) is 20.0. The van der Waals surface area contributed by atoms with Crippen LogP contribution < -0.4 is 10.1 Å². The first-order chi connectivity index (χ1) is 12.5. The maximum atomic E-state index is 6.13. The van der Waals surface area contributed by atoms with Crippen LogP contribution in [0.5, 0.6) is 5.75 Å². The first kappa shape index (κ1) is 19.9. The Balaban J connectivity index is 1.75. The van der Waals surface area contributed by atoms with Crippen molar-refractivity contribution in [1.82, 2.24) is 0 Å². The summed E-state index contributed by atoms with van der Waals surface area (Å²) in [5, 5.41) is 3.44. The maximum Gasteiger partial charge on any atom is 0.139 e. The molecule has 0 saturated carbocycles. The normalized spacial score (nSPS) is 10.6. The van der Waals surface area contributed by atoms with Gasteiger partial charge in [-0.3, -0.25) is 0 Å². The third kappa shape index (κ3) is 5.59. The van der Waals surface area contributed by atoms with Crippen molar-refractivity contribution < 1.29 is 4.74 Å². The lowest BCUT2D eigenvalue weighted by molar-refractivity contribution is 0.301. The van der Waals surface area contributed by atoms with Crippen LogP contribution in [-0.4, -0.2) is 0 Å². The number of halogens is 4. The Labute approximate surface area is 186 Å². The molecule has 26 heavy (non-hydrogen) atoms. The fourth-order valence-corrected chi connectivity index (χ4v) is 4.36. The standard InChI is InChI=1S/C20H15Br4NO/c21-15-3-1-13(2-4-15)12-26-20-14(9-17(23)10-19(20)24)11-25-18-7-5-16(22)6-8-18/h1-10,25H,11-12H2. The second-order valence-electron chi connectivity index (χ2n) is 5.65. The number of rotatable bonds is 6. The van der Waals surface area contributed by atoms with E-state index < -0.39 is 0 Å². The summed E-state index contributed by atoms with van der Waals surface area (Å²) >= 11 is 14.1. The van der Waals surface area contributed by atoms with Gasteiger partial charge in [-0.15, -0.1) is 0 Å². The van der Waals surface area contributed by atoms with E-state index in [0.29, 0.717) is 13.2 Å². The number of nitrogens with one attached hydrogen (secondary N) is 1. The van der Waals surface area contributed by atoms with E-state index in [2.05, 4.69) is 87.2 Å². The highest BCUT2D eigenvalue weighted by Crippen LogP contribution is 2.34. The zero-order chi connectivity index (χ0) is 18.5. The van der Waals surface area contributed by atoms with E-state index in [0.717, 1.165) is 40.5 Å². The monoisotopic (exact) mass is 601 g/mol. The number of anilines is 1. The van der Waals surface area contributed by atoms with Crippen LogP contribution in [0.15, 0.2) is 78.6 Å². The minimum absolute atomic E-state index is 0.513. The average molecular weight is 605 g/mol. The van der Waals surface area contributed by atoms with Gasteiger partial charge in [-0.05, 0) is 70.0 Å². The molecule has 0 unspecified atom stereocenters. The van der Waals surface area contributed by atoms with Gasteiger partial charge < -0.3 is 10.1 Å². The molecule has 0 aliphatic rings. The van der Waals surface area contributed by atoms with Crippen LogP contribution in [0.2, 0.25) is 0 Å². The van der Waals surface area contributed by atoms with Gasteiger partial charge in [0.25, 0.3) is 0 Å². The topological polar surface area (TPSA) is 21.3 Å². The molecule has 0 amide bonds. The van der Waals surface area contributed by atoms with Gasteiger partial charge in [0.2, 0.25) is 0 Å². The van der Waals surface area contributed by atoms with Crippen molar-refractivity contribution in [3.63, 3.8) is 0 Å². The van der Waals surface area contributed by atoms with Crippen molar-refractivity contribution in [1.29, 1.82) is 0 Å². The number of hydrogen-bond acceptors (Lipinski definition) is 2. The van der Waals surface area contributed by atoms with Crippen LogP contribution in [0.25, 0.3) is 0 Å². The van der Waals surface area contributed by atoms with E-state index in [1.807, 2.05) is 42.5 Å². The van der Waals surface area contributed by atoms with Crippen LogP contribution in [0.1, 0.15) is 11.1 Å². The molecule has 0 heterocycles. The number of benzene rings is 3. The van der Waals surface area contributed by atoms with Crippen LogP contribution in [0, 0.1) is 0 Å². The highest BCUT2D eigenvalue weighted by molar-refractivity contribution is 9.11. The lowest BCUT2D eigenvalue weighted by atomic mass is 10.2. The Hall–Kier alpha value is -0.820. The van der Waals surface area contributed by atoms with Crippen molar-refractivity contribution in [3.05, 3.63) is 89.7 Å². The van der Waals surface area contributed by atoms with Crippen LogP contribution in [-0.2, 0) is 13.2 Å². The molecule has 2 nitrogen and oxygen atoms in total. The summed E-state index contributed by atoms with van der Waals surface area (Å²) in [6.45, 7) is 1.17. The summed E-state index contributed by atoms with van der Waals surface area (Å²) in [6, 6.07) is 20.3. The molecule has 0 bridgehead atoms.